The number of ketones is 1. The third kappa shape index (κ3) is 3.06. The fourth-order valence-electron chi connectivity index (χ4n) is 1.63. The molecule has 0 aliphatic heterocycles. The molecule has 0 atom stereocenters. The molecule has 0 amide bonds. The Labute approximate surface area is 115 Å². The molecule has 2 aromatic rings. The summed E-state index contributed by atoms with van der Waals surface area (Å²) in [6, 6.07) is 6.81. The molecular formula is C13H13ClN2O3. The summed E-state index contributed by atoms with van der Waals surface area (Å²) in [5, 5.41) is 4.59. The lowest BCUT2D eigenvalue weighted by Gasteiger charge is -2.07. The zero-order valence-electron chi connectivity index (χ0n) is 10.6. The number of hydrogen-bond donors (Lipinski definition) is 0. The second-order valence-electron chi connectivity index (χ2n) is 3.85. The molecule has 0 bridgehead atoms. The van der Waals surface area contributed by atoms with Gasteiger partial charge in [-0.3, -0.25) is 9.48 Å². The van der Waals surface area contributed by atoms with Gasteiger partial charge in [0, 0.05) is 12.1 Å². The first kappa shape index (κ1) is 13.4. The average molecular weight is 281 g/mol. The molecular weight excluding hydrogens is 268 g/mol. The van der Waals surface area contributed by atoms with E-state index in [1.165, 1.54) is 18.0 Å². The first-order valence-electron chi connectivity index (χ1n) is 5.59. The first-order valence-corrected chi connectivity index (χ1v) is 5.97. The minimum absolute atomic E-state index is 0.0858. The quantitative estimate of drug-likeness (QED) is 0.789. The predicted molar refractivity (Wildman–Crippen MR) is 71.0 cm³/mol. The second-order valence-corrected chi connectivity index (χ2v) is 4.29. The topological polar surface area (TPSA) is 53.4 Å². The Morgan fingerprint density at radius 1 is 1.37 bits per heavy atom. The molecule has 0 radical (unpaired) electrons. The van der Waals surface area contributed by atoms with Crippen molar-refractivity contribution in [3.63, 3.8) is 0 Å². The van der Waals surface area contributed by atoms with E-state index in [1.807, 2.05) is 0 Å². The number of halogens is 1. The number of Topliss-reactive ketones (excluding diaryl/α,β-unsaturated/α-hetero) is 1. The molecule has 1 aromatic heterocycles. The van der Waals surface area contributed by atoms with Gasteiger partial charge in [-0.05, 0) is 24.3 Å². The highest BCUT2D eigenvalue weighted by Gasteiger charge is 2.18. The van der Waals surface area contributed by atoms with Crippen molar-refractivity contribution in [2.45, 2.75) is 0 Å². The number of aryl methyl sites for hydroxylation is 1. The third-order valence-electron chi connectivity index (χ3n) is 2.57. The Bertz CT molecular complexity index is 578. The summed E-state index contributed by atoms with van der Waals surface area (Å²) >= 11 is 5.77. The molecule has 0 aliphatic carbocycles. The summed E-state index contributed by atoms with van der Waals surface area (Å²) in [5.41, 5.74) is 0.386. The van der Waals surface area contributed by atoms with Crippen LogP contribution >= 0.6 is 11.6 Å². The van der Waals surface area contributed by atoms with Crippen LogP contribution in [0.2, 0.25) is 5.02 Å². The molecule has 0 fully saturated rings. The maximum atomic E-state index is 12.1. The highest BCUT2D eigenvalue weighted by Crippen LogP contribution is 2.19. The van der Waals surface area contributed by atoms with E-state index in [2.05, 4.69) is 5.10 Å². The lowest BCUT2D eigenvalue weighted by molar-refractivity contribution is 0.0909. The number of methoxy groups -OCH3 is 1. The Balaban J connectivity index is 2.05. The smallest absolute Gasteiger partial charge is 0.221 e. The molecule has 0 unspecified atom stereocenters. The lowest BCUT2D eigenvalue weighted by atomic mass is 10.3. The van der Waals surface area contributed by atoms with Crippen LogP contribution in [0.1, 0.15) is 10.5 Å². The van der Waals surface area contributed by atoms with Gasteiger partial charge < -0.3 is 9.47 Å². The average Bonchev–Trinajstić information content (AvgIpc) is 2.79. The Kier molecular flexibility index (Phi) is 4.06. The van der Waals surface area contributed by atoms with Gasteiger partial charge in [-0.2, -0.15) is 5.10 Å². The summed E-state index contributed by atoms with van der Waals surface area (Å²) in [5.74, 6) is 0.817. The molecule has 0 aliphatic rings. The van der Waals surface area contributed by atoms with Gasteiger partial charge in [0.15, 0.2) is 12.4 Å². The lowest BCUT2D eigenvalue weighted by Crippen LogP contribution is -2.16. The van der Waals surface area contributed by atoms with Crippen LogP contribution in [0.5, 0.6) is 11.5 Å². The van der Waals surface area contributed by atoms with Gasteiger partial charge in [0.25, 0.3) is 0 Å². The van der Waals surface area contributed by atoms with Crippen molar-refractivity contribution in [2.75, 3.05) is 13.7 Å². The minimum atomic E-state index is -0.202. The fourth-order valence-corrected chi connectivity index (χ4v) is 1.76. The summed E-state index contributed by atoms with van der Waals surface area (Å²) in [6.45, 7) is -0.0858. The zero-order chi connectivity index (χ0) is 13.8. The number of hydrogen-bond acceptors (Lipinski definition) is 4. The van der Waals surface area contributed by atoms with E-state index in [9.17, 15) is 4.79 Å². The first-order chi connectivity index (χ1) is 9.11. The van der Waals surface area contributed by atoms with E-state index in [4.69, 9.17) is 21.1 Å². The highest BCUT2D eigenvalue weighted by atomic mass is 35.5. The SMILES string of the molecule is COc1cnn(C)c1C(=O)COc1ccc(Cl)cc1. The summed E-state index contributed by atoms with van der Waals surface area (Å²) in [6.07, 6.45) is 1.50. The highest BCUT2D eigenvalue weighted by molar-refractivity contribution is 6.30. The van der Waals surface area contributed by atoms with E-state index in [-0.39, 0.29) is 12.4 Å². The van der Waals surface area contributed by atoms with Gasteiger partial charge in [0.1, 0.15) is 11.4 Å². The van der Waals surface area contributed by atoms with Crippen LogP contribution in [0.25, 0.3) is 0 Å². The van der Waals surface area contributed by atoms with Gasteiger partial charge >= 0.3 is 0 Å². The van der Waals surface area contributed by atoms with Gasteiger partial charge in [0.2, 0.25) is 5.78 Å². The molecule has 1 aromatic carbocycles. The van der Waals surface area contributed by atoms with Gasteiger partial charge in [-0.25, -0.2) is 0 Å². The largest absolute Gasteiger partial charge is 0.493 e. The van der Waals surface area contributed by atoms with Crippen molar-refractivity contribution in [1.29, 1.82) is 0 Å². The number of ether oxygens (including phenoxy) is 2. The van der Waals surface area contributed by atoms with E-state index >= 15 is 0 Å². The number of carbonyl (C=O) groups is 1. The molecule has 2 rings (SSSR count). The van der Waals surface area contributed by atoms with Crippen LogP contribution in [0.4, 0.5) is 0 Å². The molecule has 6 heteroatoms. The maximum absolute atomic E-state index is 12.1. The Morgan fingerprint density at radius 3 is 2.68 bits per heavy atom. The normalized spacial score (nSPS) is 10.3. The van der Waals surface area contributed by atoms with Crippen LogP contribution in [0.3, 0.4) is 0 Å². The standard InChI is InChI=1S/C13H13ClN2O3/c1-16-13(12(18-2)7-15-16)11(17)8-19-10-5-3-9(14)4-6-10/h3-7H,8H2,1-2H3. The summed E-state index contributed by atoms with van der Waals surface area (Å²) in [4.78, 5) is 12.1. The van der Waals surface area contributed by atoms with Crippen LogP contribution in [-0.4, -0.2) is 29.3 Å². The number of benzene rings is 1. The summed E-state index contributed by atoms with van der Waals surface area (Å²) < 4.78 is 11.9. The second kappa shape index (κ2) is 5.75. The molecule has 1 heterocycles. The van der Waals surface area contributed by atoms with Crippen molar-refractivity contribution in [1.82, 2.24) is 9.78 Å². The molecule has 100 valence electrons. The minimum Gasteiger partial charge on any atom is -0.493 e. The predicted octanol–water partition coefficient (Wildman–Crippen LogP) is 2.34. The van der Waals surface area contributed by atoms with E-state index in [0.29, 0.717) is 22.2 Å². The van der Waals surface area contributed by atoms with E-state index < -0.39 is 0 Å². The third-order valence-corrected chi connectivity index (χ3v) is 2.82. The molecule has 5 nitrogen and oxygen atoms in total. The van der Waals surface area contributed by atoms with Crippen LogP contribution < -0.4 is 9.47 Å². The van der Waals surface area contributed by atoms with Crippen LogP contribution in [0, 0.1) is 0 Å². The molecule has 0 saturated carbocycles. The summed E-state index contributed by atoms with van der Waals surface area (Å²) in [7, 11) is 3.17. The van der Waals surface area contributed by atoms with Crippen molar-refractivity contribution >= 4 is 17.4 Å². The van der Waals surface area contributed by atoms with E-state index in [1.54, 1.807) is 31.3 Å². The fraction of sp³-hybridized carbons (Fsp3) is 0.231. The Hall–Kier alpha value is -2.01. The molecule has 0 saturated heterocycles. The van der Waals surface area contributed by atoms with Crippen LogP contribution in [0.15, 0.2) is 30.5 Å². The van der Waals surface area contributed by atoms with Crippen molar-refractivity contribution in [3.8, 4) is 11.5 Å². The zero-order valence-corrected chi connectivity index (χ0v) is 11.3. The monoisotopic (exact) mass is 280 g/mol. The molecule has 0 spiro atoms. The number of nitrogens with zero attached hydrogens (tertiary/aromatic N) is 2. The van der Waals surface area contributed by atoms with Crippen molar-refractivity contribution in [3.05, 3.63) is 41.2 Å². The van der Waals surface area contributed by atoms with Gasteiger partial charge in [-0.1, -0.05) is 11.6 Å². The van der Waals surface area contributed by atoms with Crippen molar-refractivity contribution < 1.29 is 14.3 Å². The molecule has 0 N–H and O–H groups in total. The van der Waals surface area contributed by atoms with Crippen LogP contribution in [-0.2, 0) is 7.05 Å². The van der Waals surface area contributed by atoms with E-state index in [0.717, 1.165) is 0 Å². The maximum Gasteiger partial charge on any atom is 0.221 e. The number of rotatable bonds is 5. The number of aromatic nitrogens is 2. The van der Waals surface area contributed by atoms with Crippen molar-refractivity contribution in [2.24, 2.45) is 7.05 Å². The number of carbonyl (C=O) groups excluding carboxylic acids is 1. The van der Waals surface area contributed by atoms with Gasteiger partial charge in [-0.15, -0.1) is 0 Å². The Morgan fingerprint density at radius 2 is 2.05 bits per heavy atom. The van der Waals surface area contributed by atoms with Gasteiger partial charge in [0.05, 0.1) is 13.3 Å². The molecule has 19 heavy (non-hydrogen) atoms.